The number of hydrogen-bond acceptors (Lipinski definition) is 6. The van der Waals surface area contributed by atoms with Gasteiger partial charge in [0.2, 0.25) is 15.9 Å². The van der Waals surface area contributed by atoms with Crippen LogP contribution in [0.15, 0.2) is 29.2 Å². The highest BCUT2D eigenvalue weighted by Gasteiger charge is 2.30. The Hall–Kier alpha value is -2.04. The van der Waals surface area contributed by atoms with E-state index >= 15 is 0 Å². The van der Waals surface area contributed by atoms with Crippen LogP contribution in [-0.2, 0) is 14.8 Å². The molecule has 1 aliphatic heterocycles. The molecule has 2 rings (SSSR count). The highest BCUT2D eigenvalue weighted by Crippen LogP contribution is 2.22. The fourth-order valence-electron chi connectivity index (χ4n) is 2.56. The van der Waals surface area contributed by atoms with Gasteiger partial charge in [-0.15, -0.1) is 0 Å². The summed E-state index contributed by atoms with van der Waals surface area (Å²) in [5.41, 5.74) is -0.265. The van der Waals surface area contributed by atoms with Gasteiger partial charge in [-0.25, -0.2) is 8.42 Å². The minimum atomic E-state index is -3.81. The van der Waals surface area contributed by atoms with Crippen molar-refractivity contribution in [3.05, 3.63) is 34.4 Å². The molecule has 1 heterocycles. The highest BCUT2D eigenvalue weighted by atomic mass is 32.2. The van der Waals surface area contributed by atoms with Crippen LogP contribution in [0.2, 0.25) is 0 Å². The lowest BCUT2D eigenvalue weighted by atomic mass is 10.3. The van der Waals surface area contributed by atoms with E-state index in [2.05, 4.69) is 0 Å². The Morgan fingerprint density at radius 1 is 1.24 bits per heavy atom. The van der Waals surface area contributed by atoms with Gasteiger partial charge in [-0.2, -0.15) is 4.31 Å². The summed E-state index contributed by atoms with van der Waals surface area (Å²) in [6, 6.07) is 5.01. The number of nitro groups is 1. The average molecular weight is 370 g/mol. The topological polar surface area (TPSA) is 104 Å². The highest BCUT2D eigenvalue weighted by molar-refractivity contribution is 7.89. The lowest BCUT2D eigenvalue weighted by Crippen LogP contribution is -2.50. The zero-order chi connectivity index (χ0) is 18.6. The van der Waals surface area contributed by atoms with Crippen LogP contribution in [0.4, 0.5) is 5.69 Å². The number of amides is 1. The minimum absolute atomic E-state index is 0.00102. The molecule has 0 aliphatic carbocycles. The van der Waals surface area contributed by atoms with Gasteiger partial charge in [0.1, 0.15) is 0 Å². The van der Waals surface area contributed by atoms with E-state index in [-0.39, 0.29) is 29.6 Å². The van der Waals surface area contributed by atoms with Gasteiger partial charge in [0, 0.05) is 51.3 Å². The van der Waals surface area contributed by atoms with Crippen LogP contribution in [0.25, 0.3) is 0 Å². The van der Waals surface area contributed by atoms with E-state index in [1.807, 2.05) is 19.0 Å². The van der Waals surface area contributed by atoms with Gasteiger partial charge in [0.15, 0.2) is 0 Å². The molecule has 0 N–H and O–H groups in total. The molecule has 0 radical (unpaired) electrons. The number of benzene rings is 1. The number of carbonyl (C=O) groups excluding carboxylic acids is 1. The number of hydrogen-bond donors (Lipinski definition) is 0. The van der Waals surface area contributed by atoms with Gasteiger partial charge in [-0.05, 0) is 20.2 Å². The second-order valence-electron chi connectivity index (χ2n) is 6.09. The smallest absolute Gasteiger partial charge is 0.270 e. The van der Waals surface area contributed by atoms with Crippen molar-refractivity contribution in [3.8, 4) is 0 Å². The van der Waals surface area contributed by atoms with E-state index in [4.69, 9.17) is 0 Å². The average Bonchev–Trinajstić information content (AvgIpc) is 2.59. The summed E-state index contributed by atoms with van der Waals surface area (Å²) < 4.78 is 26.6. The van der Waals surface area contributed by atoms with Crippen molar-refractivity contribution in [2.45, 2.75) is 11.3 Å². The number of nitro benzene ring substituents is 1. The minimum Gasteiger partial charge on any atom is -0.340 e. The van der Waals surface area contributed by atoms with Crippen molar-refractivity contribution in [2.75, 3.05) is 46.8 Å². The molecule has 10 heteroatoms. The van der Waals surface area contributed by atoms with Crippen molar-refractivity contribution >= 4 is 21.6 Å². The van der Waals surface area contributed by atoms with Crippen LogP contribution in [0.3, 0.4) is 0 Å². The third-order valence-electron chi connectivity index (χ3n) is 4.03. The Morgan fingerprint density at radius 3 is 2.44 bits per heavy atom. The summed E-state index contributed by atoms with van der Waals surface area (Å²) in [5.74, 6) is 0.00102. The second-order valence-corrected chi connectivity index (χ2v) is 8.03. The molecule has 0 spiro atoms. The molecule has 0 saturated carbocycles. The maximum atomic E-state index is 12.6. The van der Waals surface area contributed by atoms with Crippen LogP contribution in [0.5, 0.6) is 0 Å². The fourth-order valence-corrected chi connectivity index (χ4v) is 4.02. The molecule has 0 bridgehead atoms. The van der Waals surface area contributed by atoms with Crippen LogP contribution in [0, 0.1) is 10.1 Å². The van der Waals surface area contributed by atoms with E-state index < -0.39 is 14.9 Å². The first-order chi connectivity index (χ1) is 11.7. The predicted molar refractivity (Wildman–Crippen MR) is 91.6 cm³/mol. The summed E-state index contributed by atoms with van der Waals surface area (Å²) in [6.45, 7) is 1.64. The van der Waals surface area contributed by atoms with Crippen LogP contribution in [0.1, 0.15) is 6.42 Å². The van der Waals surface area contributed by atoms with E-state index in [1.54, 1.807) is 4.90 Å². The fraction of sp³-hybridized carbons (Fsp3) is 0.533. The SMILES string of the molecule is CN(C)CCC(=O)N1CCN(S(=O)(=O)c2cccc([N+](=O)[O-])c2)CC1. The summed E-state index contributed by atoms with van der Waals surface area (Å²) in [4.78, 5) is 25.8. The largest absolute Gasteiger partial charge is 0.340 e. The van der Waals surface area contributed by atoms with Crippen LogP contribution in [-0.4, -0.2) is 80.2 Å². The lowest BCUT2D eigenvalue weighted by molar-refractivity contribution is -0.385. The summed E-state index contributed by atoms with van der Waals surface area (Å²) >= 11 is 0. The molecule has 0 aromatic heterocycles. The molecule has 0 unspecified atom stereocenters. The normalized spacial score (nSPS) is 16.2. The van der Waals surface area contributed by atoms with Crippen molar-refractivity contribution in [3.63, 3.8) is 0 Å². The molecule has 1 aromatic carbocycles. The van der Waals surface area contributed by atoms with Gasteiger partial charge in [0.05, 0.1) is 9.82 Å². The summed E-state index contributed by atoms with van der Waals surface area (Å²) in [7, 11) is -0.0387. The molecular weight excluding hydrogens is 348 g/mol. The van der Waals surface area contributed by atoms with Crippen molar-refractivity contribution in [1.29, 1.82) is 0 Å². The third-order valence-corrected chi connectivity index (χ3v) is 5.93. The van der Waals surface area contributed by atoms with E-state index in [0.717, 1.165) is 6.07 Å². The summed E-state index contributed by atoms with van der Waals surface area (Å²) in [5, 5.41) is 10.8. The van der Waals surface area contributed by atoms with Crippen molar-refractivity contribution < 1.29 is 18.1 Å². The zero-order valence-electron chi connectivity index (χ0n) is 14.3. The van der Waals surface area contributed by atoms with E-state index in [9.17, 15) is 23.3 Å². The van der Waals surface area contributed by atoms with Gasteiger partial charge in [-0.1, -0.05) is 6.07 Å². The van der Waals surface area contributed by atoms with E-state index in [0.29, 0.717) is 26.1 Å². The number of non-ortho nitro benzene ring substituents is 1. The number of rotatable bonds is 6. The first-order valence-electron chi connectivity index (χ1n) is 7.89. The maximum Gasteiger partial charge on any atom is 0.270 e. The predicted octanol–water partition coefficient (Wildman–Crippen LogP) is 0.379. The molecule has 1 aliphatic rings. The van der Waals surface area contributed by atoms with Crippen LogP contribution < -0.4 is 0 Å². The molecule has 1 fully saturated rings. The molecule has 0 atom stereocenters. The lowest BCUT2D eigenvalue weighted by Gasteiger charge is -2.34. The molecule has 1 aromatic rings. The number of nitrogens with zero attached hydrogens (tertiary/aromatic N) is 4. The molecule has 25 heavy (non-hydrogen) atoms. The molecule has 138 valence electrons. The van der Waals surface area contributed by atoms with Gasteiger partial charge >= 0.3 is 0 Å². The zero-order valence-corrected chi connectivity index (χ0v) is 15.1. The van der Waals surface area contributed by atoms with Crippen molar-refractivity contribution in [1.82, 2.24) is 14.1 Å². The van der Waals surface area contributed by atoms with Crippen molar-refractivity contribution in [2.24, 2.45) is 0 Å². The molecule has 1 amide bonds. The summed E-state index contributed by atoms with van der Waals surface area (Å²) in [6.07, 6.45) is 0.393. The monoisotopic (exact) mass is 370 g/mol. The van der Waals surface area contributed by atoms with Gasteiger partial charge < -0.3 is 9.80 Å². The quantitative estimate of drug-likeness (QED) is 0.530. The standard InChI is InChI=1S/C15H22N4O5S/c1-16(2)7-6-15(20)17-8-10-18(11-9-17)25(23,24)14-5-3-4-13(12-14)19(21)22/h3-5,12H,6-11H2,1-2H3. The van der Waals surface area contributed by atoms with Crippen LogP contribution >= 0.6 is 0 Å². The Bertz CT molecular complexity index is 742. The Morgan fingerprint density at radius 2 is 1.88 bits per heavy atom. The van der Waals surface area contributed by atoms with Gasteiger partial charge in [-0.3, -0.25) is 14.9 Å². The maximum absolute atomic E-state index is 12.6. The number of piperazine rings is 1. The Kier molecular flexibility index (Phi) is 6.09. The van der Waals surface area contributed by atoms with E-state index in [1.165, 1.54) is 22.5 Å². The molecular formula is C15H22N4O5S. The third kappa shape index (κ3) is 4.74. The first kappa shape index (κ1) is 19.3. The first-order valence-corrected chi connectivity index (χ1v) is 9.33. The molecule has 9 nitrogen and oxygen atoms in total. The molecule has 1 saturated heterocycles. The second kappa shape index (κ2) is 7.89. The number of carbonyl (C=O) groups is 1. The number of sulfonamides is 1. The van der Waals surface area contributed by atoms with Gasteiger partial charge in [0.25, 0.3) is 5.69 Å². The Labute approximate surface area is 147 Å². The Balaban J connectivity index is 2.03.